The molecule has 0 aliphatic carbocycles. The van der Waals surface area contributed by atoms with Crippen molar-refractivity contribution in [1.82, 2.24) is 0 Å². The monoisotopic (exact) mass is 194 g/mol. The van der Waals surface area contributed by atoms with Gasteiger partial charge in [0.25, 0.3) is 0 Å². The van der Waals surface area contributed by atoms with Gasteiger partial charge in [-0.05, 0) is 18.9 Å². The molecule has 0 atom stereocenters. The van der Waals surface area contributed by atoms with Crippen molar-refractivity contribution >= 4 is 16.1 Å². The molecule has 0 saturated carbocycles. The van der Waals surface area contributed by atoms with Crippen LogP contribution in [0.3, 0.4) is 0 Å². The number of hydrogen-bond acceptors (Lipinski definition) is 3. The SMILES string of the molecule is CCC(C)=C(C(=O)O)S(=O)(=O)O. The van der Waals surface area contributed by atoms with Crippen molar-refractivity contribution < 1.29 is 22.9 Å². The van der Waals surface area contributed by atoms with Crippen LogP contribution in [-0.2, 0) is 14.9 Å². The lowest BCUT2D eigenvalue weighted by Gasteiger charge is -2.01. The van der Waals surface area contributed by atoms with Crippen molar-refractivity contribution in [3.8, 4) is 0 Å². The fraction of sp³-hybridized carbons (Fsp3) is 0.500. The van der Waals surface area contributed by atoms with Gasteiger partial charge in [0, 0.05) is 0 Å². The molecule has 0 aromatic carbocycles. The molecule has 0 unspecified atom stereocenters. The van der Waals surface area contributed by atoms with Crippen LogP contribution >= 0.6 is 0 Å². The van der Waals surface area contributed by atoms with E-state index in [0.29, 0.717) is 0 Å². The molecule has 0 aliphatic heterocycles. The molecule has 2 N–H and O–H groups in total. The van der Waals surface area contributed by atoms with Gasteiger partial charge in [0.1, 0.15) is 0 Å². The van der Waals surface area contributed by atoms with Crippen LogP contribution in [0.2, 0.25) is 0 Å². The molecule has 0 radical (unpaired) electrons. The fourth-order valence-corrected chi connectivity index (χ4v) is 1.48. The van der Waals surface area contributed by atoms with E-state index in [1.165, 1.54) is 6.92 Å². The number of aliphatic carboxylic acids is 1. The summed E-state index contributed by atoms with van der Waals surface area (Å²) in [4.78, 5) is 9.42. The largest absolute Gasteiger partial charge is 0.477 e. The number of hydrogen-bond donors (Lipinski definition) is 2. The molecule has 70 valence electrons. The van der Waals surface area contributed by atoms with Gasteiger partial charge in [0.15, 0.2) is 4.91 Å². The maximum absolute atomic E-state index is 10.5. The van der Waals surface area contributed by atoms with Crippen LogP contribution in [0.5, 0.6) is 0 Å². The first-order chi connectivity index (χ1) is 5.30. The van der Waals surface area contributed by atoms with E-state index in [1.54, 1.807) is 6.92 Å². The van der Waals surface area contributed by atoms with E-state index in [9.17, 15) is 13.2 Å². The Labute approximate surface area is 70.5 Å². The summed E-state index contributed by atoms with van der Waals surface area (Å²) in [5.74, 6) is -1.63. The Hall–Kier alpha value is -0.880. The number of carboxylic acids is 1. The second-order valence-electron chi connectivity index (χ2n) is 2.24. The van der Waals surface area contributed by atoms with Crippen LogP contribution in [0.25, 0.3) is 0 Å². The third-order valence-electron chi connectivity index (χ3n) is 1.37. The summed E-state index contributed by atoms with van der Waals surface area (Å²) in [6.45, 7) is 2.95. The minimum atomic E-state index is -4.60. The van der Waals surface area contributed by atoms with Crippen molar-refractivity contribution in [2.45, 2.75) is 20.3 Å². The fourth-order valence-electron chi connectivity index (χ4n) is 0.674. The van der Waals surface area contributed by atoms with Crippen LogP contribution in [0.1, 0.15) is 20.3 Å². The summed E-state index contributed by atoms with van der Waals surface area (Å²) < 4.78 is 29.5. The van der Waals surface area contributed by atoms with Gasteiger partial charge in [-0.15, -0.1) is 0 Å². The molecule has 0 spiro atoms. The molecule has 0 heterocycles. The second-order valence-corrected chi connectivity index (χ2v) is 3.60. The lowest BCUT2D eigenvalue weighted by Crippen LogP contribution is -2.13. The van der Waals surface area contributed by atoms with E-state index in [1.807, 2.05) is 0 Å². The van der Waals surface area contributed by atoms with Crippen molar-refractivity contribution in [3.63, 3.8) is 0 Å². The standard InChI is InChI=1S/C6H10O5S/c1-3-4(2)5(6(7)8)12(9,10)11/h3H2,1-2H3,(H,7,8)(H,9,10,11). The van der Waals surface area contributed by atoms with Crippen LogP contribution in [0.4, 0.5) is 0 Å². The normalized spacial score (nSPS) is 13.9. The van der Waals surface area contributed by atoms with Crippen LogP contribution in [-0.4, -0.2) is 24.0 Å². The highest BCUT2D eigenvalue weighted by molar-refractivity contribution is 7.90. The summed E-state index contributed by atoms with van der Waals surface area (Å²) >= 11 is 0. The third-order valence-corrected chi connectivity index (χ3v) is 2.41. The van der Waals surface area contributed by atoms with E-state index in [-0.39, 0.29) is 12.0 Å². The molecular weight excluding hydrogens is 184 g/mol. The summed E-state index contributed by atoms with van der Waals surface area (Å²) in [6, 6.07) is 0. The average molecular weight is 194 g/mol. The highest BCUT2D eigenvalue weighted by Crippen LogP contribution is 2.13. The predicted molar refractivity (Wildman–Crippen MR) is 42.2 cm³/mol. The predicted octanol–water partition coefficient (Wildman–Crippen LogP) is 0.643. The Morgan fingerprint density at radius 2 is 1.83 bits per heavy atom. The molecular formula is C6H10O5S. The van der Waals surface area contributed by atoms with Gasteiger partial charge in [-0.25, -0.2) is 4.79 Å². The minimum absolute atomic E-state index is 0.130. The summed E-state index contributed by atoms with van der Waals surface area (Å²) in [7, 11) is -4.60. The number of rotatable bonds is 3. The van der Waals surface area contributed by atoms with Gasteiger partial charge in [0.2, 0.25) is 0 Å². The molecule has 0 aliphatic rings. The highest BCUT2D eigenvalue weighted by Gasteiger charge is 2.23. The molecule has 0 aromatic heterocycles. The van der Waals surface area contributed by atoms with E-state index in [4.69, 9.17) is 9.66 Å². The number of allylic oxidation sites excluding steroid dienone is 1. The zero-order valence-electron chi connectivity index (χ0n) is 6.73. The number of carbonyl (C=O) groups is 1. The van der Waals surface area contributed by atoms with E-state index >= 15 is 0 Å². The molecule has 6 heteroatoms. The van der Waals surface area contributed by atoms with Gasteiger partial charge >= 0.3 is 16.1 Å². The van der Waals surface area contributed by atoms with Gasteiger partial charge < -0.3 is 5.11 Å². The van der Waals surface area contributed by atoms with Gasteiger partial charge in [-0.2, -0.15) is 8.42 Å². The molecule has 0 fully saturated rings. The average Bonchev–Trinajstić information content (AvgIpc) is 1.83. The smallest absolute Gasteiger partial charge is 0.349 e. The van der Waals surface area contributed by atoms with Gasteiger partial charge in [-0.1, -0.05) is 6.92 Å². The van der Waals surface area contributed by atoms with Crippen molar-refractivity contribution in [3.05, 3.63) is 10.5 Å². The zero-order valence-corrected chi connectivity index (χ0v) is 7.55. The molecule has 0 rings (SSSR count). The van der Waals surface area contributed by atoms with Crippen LogP contribution in [0.15, 0.2) is 10.5 Å². The zero-order chi connectivity index (χ0) is 9.94. The molecule has 0 saturated heterocycles. The lowest BCUT2D eigenvalue weighted by molar-refractivity contribution is -0.131. The molecule has 5 nitrogen and oxygen atoms in total. The van der Waals surface area contributed by atoms with E-state index in [2.05, 4.69) is 0 Å². The van der Waals surface area contributed by atoms with Crippen molar-refractivity contribution in [1.29, 1.82) is 0 Å². The van der Waals surface area contributed by atoms with Crippen molar-refractivity contribution in [2.24, 2.45) is 0 Å². The van der Waals surface area contributed by atoms with E-state index < -0.39 is 21.0 Å². The summed E-state index contributed by atoms with van der Waals surface area (Å²) in [5.41, 5.74) is 0.130. The Kier molecular flexibility index (Phi) is 3.41. The van der Waals surface area contributed by atoms with Crippen LogP contribution in [0, 0.1) is 0 Å². The molecule has 0 amide bonds. The molecule has 0 bridgehead atoms. The Morgan fingerprint density at radius 1 is 1.42 bits per heavy atom. The minimum Gasteiger partial charge on any atom is -0.477 e. The topological polar surface area (TPSA) is 91.7 Å². The van der Waals surface area contributed by atoms with E-state index in [0.717, 1.165) is 0 Å². The first kappa shape index (κ1) is 11.1. The first-order valence-corrected chi connectivity index (χ1v) is 4.65. The first-order valence-electron chi connectivity index (χ1n) is 3.21. The Morgan fingerprint density at radius 3 is 1.92 bits per heavy atom. The Bertz CT molecular complexity index is 311. The maximum Gasteiger partial charge on any atom is 0.349 e. The van der Waals surface area contributed by atoms with Crippen LogP contribution < -0.4 is 0 Å². The van der Waals surface area contributed by atoms with Gasteiger partial charge in [0.05, 0.1) is 0 Å². The number of carboxylic acid groups (broad SMARTS) is 1. The summed E-state index contributed by atoms with van der Waals surface area (Å²) in [5, 5.41) is 8.41. The summed E-state index contributed by atoms with van der Waals surface area (Å²) in [6.07, 6.45) is 0.265. The van der Waals surface area contributed by atoms with Crippen molar-refractivity contribution in [2.75, 3.05) is 0 Å². The van der Waals surface area contributed by atoms with Gasteiger partial charge in [-0.3, -0.25) is 4.55 Å². The quantitative estimate of drug-likeness (QED) is 0.508. The third kappa shape index (κ3) is 2.63. The Balaban J connectivity index is 5.38. The maximum atomic E-state index is 10.5. The molecule has 12 heavy (non-hydrogen) atoms. The lowest BCUT2D eigenvalue weighted by atomic mass is 10.2. The second kappa shape index (κ2) is 3.68. The highest BCUT2D eigenvalue weighted by atomic mass is 32.2. The molecule has 0 aromatic rings.